The molecule has 1 aromatic heterocycles. The summed E-state index contributed by atoms with van der Waals surface area (Å²) < 4.78 is 5.24. The highest BCUT2D eigenvalue weighted by Crippen LogP contribution is 2.10. The summed E-state index contributed by atoms with van der Waals surface area (Å²) in [6.07, 6.45) is 2.49. The van der Waals surface area contributed by atoms with Gasteiger partial charge in [-0.1, -0.05) is 6.07 Å². The monoisotopic (exact) mass is 259 g/mol. The van der Waals surface area contributed by atoms with Gasteiger partial charge in [0.2, 0.25) is 0 Å². The second kappa shape index (κ2) is 6.20. The number of aromatic carboxylic acids is 1. The van der Waals surface area contributed by atoms with Crippen molar-refractivity contribution in [1.82, 2.24) is 5.32 Å². The largest absolute Gasteiger partial charge is 0.478 e. The van der Waals surface area contributed by atoms with Crippen LogP contribution in [0.15, 0.2) is 41.0 Å². The lowest BCUT2D eigenvalue weighted by molar-refractivity contribution is 0.0696. The minimum Gasteiger partial charge on any atom is -0.478 e. The minimum atomic E-state index is -0.888. The zero-order chi connectivity index (χ0) is 13.7. The zero-order valence-electron chi connectivity index (χ0n) is 10.8. The van der Waals surface area contributed by atoms with Crippen LogP contribution < -0.4 is 5.32 Å². The van der Waals surface area contributed by atoms with Crippen molar-refractivity contribution < 1.29 is 14.3 Å². The third-order valence-electron chi connectivity index (χ3n) is 2.84. The van der Waals surface area contributed by atoms with Crippen molar-refractivity contribution in [1.29, 1.82) is 0 Å². The average Bonchev–Trinajstić information content (AvgIpc) is 2.87. The maximum atomic E-state index is 11.0. The lowest BCUT2D eigenvalue weighted by Gasteiger charge is -2.06. The van der Waals surface area contributed by atoms with Crippen molar-refractivity contribution in [3.8, 4) is 0 Å². The van der Waals surface area contributed by atoms with E-state index >= 15 is 0 Å². The van der Waals surface area contributed by atoms with Gasteiger partial charge in [0.15, 0.2) is 0 Å². The molecule has 0 saturated carbocycles. The number of carbonyl (C=O) groups is 1. The van der Waals surface area contributed by atoms with Crippen molar-refractivity contribution in [3.63, 3.8) is 0 Å². The number of hydrogen-bond acceptors (Lipinski definition) is 3. The molecule has 0 aliphatic heterocycles. The van der Waals surface area contributed by atoms with E-state index in [0.717, 1.165) is 29.9 Å². The second-order valence-corrected chi connectivity index (χ2v) is 4.52. The van der Waals surface area contributed by atoms with Crippen LogP contribution in [0.1, 0.15) is 27.2 Å². The molecule has 1 aromatic carbocycles. The molecule has 0 fully saturated rings. The Balaban J connectivity index is 1.87. The molecule has 2 aromatic rings. The fourth-order valence-electron chi connectivity index (χ4n) is 1.99. The first-order valence-electron chi connectivity index (χ1n) is 6.22. The molecule has 4 heteroatoms. The maximum absolute atomic E-state index is 11.0. The summed E-state index contributed by atoms with van der Waals surface area (Å²) in [5.74, 6) is 0.0588. The Bertz CT molecular complexity index is 547. The molecular formula is C15H17NO3. The van der Waals surface area contributed by atoms with Crippen molar-refractivity contribution in [3.05, 3.63) is 59.0 Å². The van der Waals surface area contributed by atoms with E-state index in [1.807, 2.05) is 25.1 Å². The number of hydrogen-bond donors (Lipinski definition) is 2. The summed E-state index contributed by atoms with van der Waals surface area (Å²) in [5.41, 5.74) is 2.28. The molecule has 19 heavy (non-hydrogen) atoms. The summed E-state index contributed by atoms with van der Waals surface area (Å²) in [5, 5.41) is 12.3. The first-order chi connectivity index (χ1) is 9.15. The van der Waals surface area contributed by atoms with Gasteiger partial charge in [-0.15, -0.1) is 0 Å². The molecule has 0 saturated heterocycles. The fraction of sp³-hybridized carbons (Fsp3) is 0.267. The van der Waals surface area contributed by atoms with E-state index in [2.05, 4.69) is 5.32 Å². The number of nitrogens with one attached hydrogen (secondary N) is 1. The Morgan fingerprint density at radius 3 is 2.89 bits per heavy atom. The van der Waals surface area contributed by atoms with Gasteiger partial charge in [-0.2, -0.15) is 0 Å². The molecule has 0 spiro atoms. The highest BCUT2D eigenvalue weighted by Gasteiger charge is 2.05. The minimum absolute atomic E-state index is 0.336. The van der Waals surface area contributed by atoms with Gasteiger partial charge in [0.1, 0.15) is 5.76 Å². The third-order valence-corrected chi connectivity index (χ3v) is 2.84. The van der Waals surface area contributed by atoms with Gasteiger partial charge < -0.3 is 14.8 Å². The molecule has 0 radical (unpaired) electrons. The Labute approximate surface area is 112 Å². The molecule has 0 amide bonds. The second-order valence-electron chi connectivity index (χ2n) is 4.52. The van der Waals surface area contributed by atoms with E-state index < -0.39 is 5.97 Å². The van der Waals surface area contributed by atoms with Crippen molar-refractivity contribution in [2.24, 2.45) is 0 Å². The maximum Gasteiger partial charge on any atom is 0.335 e. The SMILES string of the molecule is Cc1cc(CNCCc2ccco2)cc(C(=O)O)c1. The average molecular weight is 259 g/mol. The standard InChI is InChI=1S/C15H17NO3/c1-11-7-12(9-13(8-11)15(17)18)10-16-5-4-14-3-2-6-19-14/h2-3,6-9,16H,4-5,10H2,1H3,(H,17,18). The van der Waals surface area contributed by atoms with Crippen LogP contribution in [0, 0.1) is 6.92 Å². The first-order valence-corrected chi connectivity index (χ1v) is 6.22. The van der Waals surface area contributed by atoms with Gasteiger partial charge in [-0.3, -0.25) is 0 Å². The summed E-state index contributed by atoms with van der Waals surface area (Å²) in [4.78, 5) is 11.0. The predicted molar refractivity (Wildman–Crippen MR) is 72.3 cm³/mol. The lowest BCUT2D eigenvalue weighted by atomic mass is 10.1. The van der Waals surface area contributed by atoms with E-state index in [9.17, 15) is 4.79 Å². The van der Waals surface area contributed by atoms with Crippen LogP contribution in [0.2, 0.25) is 0 Å². The molecule has 100 valence electrons. The molecule has 2 N–H and O–H groups in total. The van der Waals surface area contributed by atoms with E-state index in [-0.39, 0.29) is 0 Å². The Morgan fingerprint density at radius 2 is 2.21 bits per heavy atom. The quantitative estimate of drug-likeness (QED) is 0.783. The van der Waals surface area contributed by atoms with Crippen molar-refractivity contribution >= 4 is 5.97 Å². The molecule has 0 bridgehead atoms. The molecule has 0 atom stereocenters. The first kappa shape index (κ1) is 13.4. The summed E-state index contributed by atoms with van der Waals surface area (Å²) in [7, 11) is 0. The molecule has 0 aliphatic rings. The topological polar surface area (TPSA) is 62.5 Å². The van der Waals surface area contributed by atoms with Crippen LogP contribution in [-0.2, 0) is 13.0 Å². The summed E-state index contributed by atoms with van der Waals surface area (Å²) in [6, 6.07) is 9.18. The summed E-state index contributed by atoms with van der Waals surface area (Å²) in [6.45, 7) is 3.35. The fourth-order valence-corrected chi connectivity index (χ4v) is 1.99. The number of furan rings is 1. The van der Waals surface area contributed by atoms with E-state index in [1.54, 1.807) is 18.4 Å². The van der Waals surface area contributed by atoms with E-state index in [4.69, 9.17) is 9.52 Å². The lowest BCUT2D eigenvalue weighted by Crippen LogP contribution is -2.17. The predicted octanol–water partition coefficient (Wildman–Crippen LogP) is 2.62. The Morgan fingerprint density at radius 1 is 1.37 bits per heavy atom. The van der Waals surface area contributed by atoms with Gasteiger partial charge in [0.05, 0.1) is 11.8 Å². The summed E-state index contributed by atoms with van der Waals surface area (Å²) >= 11 is 0. The number of benzene rings is 1. The molecular weight excluding hydrogens is 242 g/mol. The van der Waals surface area contributed by atoms with E-state index in [0.29, 0.717) is 12.1 Å². The highest BCUT2D eigenvalue weighted by molar-refractivity contribution is 5.88. The Hall–Kier alpha value is -2.07. The molecule has 4 nitrogen and oxygen atoms in total. The van der Waals surface area contributed by atoms with Gasteiger partial charge in [-0.25, -0.2) is 4.79 Å². The number of aryl methyl sites for hydroxylation is 1. The number of rotatable bonds is 6. The molecule has 2 rings (SSSR count). The third kappa shape index (κ3) is 3.96. The van der Waals surface area contributed by atoms with Crippen LogP contribution in [-0.4, -0.2) is 17.6 Å². The van der Waals surface area contributed by atoms with Gasteiger partial charge in [0, 0.05) is 19.5 Å². The molecule has 1 heterocycles. The van der Waals surface area contributed by atoms with Crippen LogP contribution in [0.25, 0.3) is 0 Å². The smallest absolute Gasteiger partial charge is 0.335 e. The van der Waals surface area contributed by atoms with Crippen LogP contribution in [0.3, 0.4) is 0 Å². The van der Waals surface area contributed by atoms with E-state index in [1.165, 1.54) is 0 Å². The molecule has 0 aliphatic carbocycles. The van der Waals surface area contributed by atoms with Crippen molar-refractivity contribution in [2.75, 3.05) is 6.54 Å². The van der Waals surface area contributed by atoms with Crippen molar-refractivity contribution in [2.45, 2.75) is 19.9 Å². The van der Waals surface area contributed by atoms with Gasteiger partial charge in [0.25, 0.3) is 0 Å². The van der Waals surface area contributed by atoms with Gasteiger partial charge >= 0.3 is 5.97 Å². The molecule has 0 unspecified atom stereocenters. The van der Waals surface area contributed by atoms with Crippen LogP contribution >= 0.6 is 0 Å². The van der Waals surface area contributed by atoms with Crippen LogP contribution in [0.5, 0.6) is 0 Å². The Kier molecular flexibility index (Phi) is 4.36. The van der Waals surface area contributed by atoms with Gasteiger partial charge in [-0.05, 0) is 42.3 Å². The highest BCUT2D eigenvalue weighted by atomic mass is 16.4. The van der Waals surface area contributed by atoms with Crippen LogP contribution in [0.4, 0.5) is 0 Å². The number of carboxylic acids is 1. The normalized spacial score (nSPS) is 10.6. The zero-order valence-corrected chi connectivity index (χ0v) is 10.8. The number of carboxylic acid groups (broad SMARTS) is 1.